The van der Waals surface area contributed by atoms with Crippen molar-refractivity contribution >= 4 is 11.8 Å². The number of rotatable bonds is 6. The predicted octanol–water partition coefficient (Wildman–Crippen LogP) is 2.88. The second-order valence-electron chi connectivity index (χ2n) is 7.64. The van der Waals surface area contributed by atoms with Crippen LogP contribution in [-0.2, 0) is 9.53 Å². The van der Waals surface area contributed by atoms with Gasteiger partial charge in [-0.3, -0.25) is 14.6 Å². The summed E-state index contributed by atoms with van der Waals surface area (Å²) in [7, 11) is 0. The van der Waals surface area contributed by atoms with Crippen LogP contribution in [0.1, 0.15) is 62.7 Å². The molecule has 0 aromatic carbocycles. The highest BCUT2D eigenvalue weighted by atomic mass is 16.5. The Labute approximate surface area is 161 Å². The van der Waals surface area contributed by atoms with E-state index in [1.165, 1.54) is 0 Å². The Morgan fingerprint density at radius 3 is 2.85 bits per heavy atom. The molecule has 6 heteroatoms. The second-order valence-corrected chi connectivity index (χ2v) is 7.64. The standard InChI is InChI=1S/C21H31N3O3/c1-3-23(4-2)19(25)9-8-18-10-12-21(27-18)11-6-14-24(16-21)20(26)17-7-5-13-22-15-17/h5,7,13,15,18H,3-4,6,8-12,14,16H2,1-2H3/t18-,21+/m1/s1. The van der Waals surface area contributed by atoms with Crippen LogP contribution < -0.4 is 0 Å². The molecule has 0 aliphatic carbocycles. The lowest BCUT2D eigenvalue weighted by Crippen LogP contribution is -2.50. The van der Waals surface area contributed by atoms with E-state index in [1.807, 2.05) is 29.7 Å². The van der Waals surface area contributed by atoms with Crippen LogP contribution in [0.2, 0.25) is 0 Å². The van der Waals surface area contributed by atoms with E-state index < -0.39 is 0 Å². The first-order valence-electron chi connectivity index (χ1n) is 10.2. The summed E-state index contributed by atoms with van der Waals surface area (Å²) >= 11 is 0. The molecule has 1 aromatic heterocycles. The fraction of sp³-hybridized carbons (Fsp3) is 0.667. The zero-order chi connectivity index (χ0) is 19.3. The molecule has 0 bridgehead atoms. The predicted molar refractivity (Wildman–Crippen MR) is 103 cm³/mol. The zero-order valence-corrected chi connectivity index (χ0v) is 16.5. The molecule has 2 amide bonds. The van der Waals surface area contributed by atoms with Crippen molar-refractivity contribution in [3.8, 4) is 0 Å². The van der Waals surface area contributed by atoms with E-state index in [1.54, 1.807) is 18.5 Å². The lowest BCUT2D eigenvalue weighted by Gasteiger charge is -2.40. The first kappa shape index (κ1) is 19.8. The molecule has 2 aliphatic rings. The lowest BCUT2D eigenvalue weighted by atomic mass is 9.89. The van der Waals surface area contributed by atoms with Crippen molar-refractivity contribution in [1.82, 2.24) is 14.8 Å². The number of carbonyl (C=O) groups excluding carboxylic acids is 2. The molecule has 3 heterocycles. The molecule has 0 unspecified atom stereocenters. The first-order valence-corrected chi connectivity index (χ1v) is 10.2. The van der Waals surface area contributed by atoms with Gasteiger partial charge in [-0.1, -0.05) is 0 Å². The fourth-order valence-electron chi connectivity index (χ4n) is 4.36. The van der Waals surface area contributed by atoms with E-state index in [0.717, 1.165) is 51.7 Å². The van der Waals surface area contributed by atoms with Crippen LogP contribution in [0.4, 0.5) is 0 Å². The van der Waals surface area contributed by atoms with Crippen molar-refractivity contribution < 1.29 is 14.3 Å². The maximum atomic E-state index is 12.8. The largest absolute Gasteiger partial charge is 0.370 e. The number of pyridine rings is 1. The molecular weight excluding hydrogens is 342 g/mol. The highest BCUT2D eigenvalue weighted by molar-refractivity contribution is 5.94. The van der Waals surface area contributed by atoms with Gasteiger partial charge in [0.15, 0.2) is 0 Å². The summed E-state index contributed by atoms with van der Waals surface area (Å²) in [6, 6.07) is 3.61. The van der Waals surface area contributed by atoms with E-state index in [0.29, 0.717) is 18.5 Å². The highest BCUT2D eigenvalue weighted by Crippen LogP contribution is 2.39. The molecule has 27 heavy (non-hydrogen) atoms. The fourth-order valence-corrected chi connectivity index (χ4v) is 4.36. The number of hydrogen-bond acceptors (Lipinski definition) is 4. The normalized spacial score (nSPS) is 25.0. The summed E-state index contributed by atoms with van der Waals surface area (Å²) in [5.41, 5.74) is 0.396. The molecule has 148 valence electrons. The van der Waals surface area contributed by atoms with Crippen molar-refractivity contribution in [2.24, 2.45) is 0 Å². The number of amides is 2. The van der Waals surface area contributed by atoms with E-state index in [2.05, 4.69) is 4.98 Å². The second kappa shape index (κ2) is 8.83. The van der Waals surface area contributed by atoms with Gasteiger partial charge in [-0.25, -0.2) is 0 Å². The Morgan fingerprint density at radius 1 is 1.33 bits per heavy atom. The summed E-state index contributed by atoms with van der Waals surface area (Å²) in [4.78, 5) is 32.8. The van der Waals surface area contributed by atoms with Gasteiger partial charge in [-0.15, -0.1) is 0 Å². The van der Waals surface area contributed by atoms with Crippen LogP contribution in [0.15, 0.2) is 24.5 Å². The quantitative estimate of drug-likeness (QED) is 0.769. The minimum Gasteiger partial charge on any atom is -0.370 e. The number of likely N-dealkylation sites (tertiary alicyclic amines) is 1. The minimum absolute atomic E-state index is 0.0333. The van der Waals surface area contributed by atoms with Crippen LogP contribution >= 0.6 is 0 Å². The maximum Gasteiger partial charge on any atom is 0.255 e. The zero-order valence-electron chi connectivity index (χ0n) is 16.5. The molecule has 0 N–H and O–H groups in total. The summed E-state index contributed by atoms with van der Waals surface area (Å²) in [5, 5.41) is 0. The van der Waals surface area contributed by atoms with Crippen molar-refractivity contribution in [1.29, 1.82) is 0 Å². The molecule has 2 atom stereocenters. The van der Waals surface area contributed by atoms with Crippen molar-refractivity contribution in [2.75, 3.05) is 26.2 Å². The van der Waals surface area contributed by atoms with E-state index in [9.17, 15) is 9.59 Å². The SMILES string of the molecule is CCN(CC)C(=O)CC[C@@H]1CC[C@]2(CCCN(C(=O)c3cccnc3)C2)O1. The van der Waals surface area contributed by atoms with Crippen molar-refractivity contribution in [3.63, 3.8) is 0 Å². The third kappa shape index (κ3) is 4.67. The van der Waals surface area contributed by atoms with Gasteiger partial charge in [0.25, 0.3) is 5.91 Å². The average Bonchev–Trinajstić information content (AvgIpc) is 3.09. The number of carbonyl (C=O) groups is 2. The number of nitrogens with zero attached hydrogens (tertiary/aromatic N) is 3. The van der Waals surface area contributed by atoms with Gasteiger partial charge in [0, 0.05) is 45.0 Å². The van der Waals surface area contributed by atoms with Gasteiger partial charge in [0.1, 0.15) is 0 Å². The topological polar surface area (TPSA) is 62.7 Å². The Bertz CT molecular complexity index is 647. The highest BCUT2D eigenvalue weighted by Gasteiger charge is 2.44. The van der Waals surface area contributed by atoms with Gasteiger partial charge in [-0.05, 0) is 58.1 Å². The van der Waals surface area contributed by atoms with Crippen molar-refractivity contribution in [2.45, 2.75) is 64.1 Å². The van der Waals surface area contributed by atoms with Gasteiger partial charge >= 0.3 is 0 Å². The Balaban J connectivity index is 1.55. The number of hydrogen-bond donors (Lipinski definition) is 0. The monoisotopic (exact) mass is 373 g/mol. The third-order valence-corrected chi connectivity index (χ3v) is 5.87. The van der Waals surface area contributed by atoms with Crippen LogP contribution in [0, 0.1) is 0 Å². The maximum absolute atomic E-state index is 12.8. The lowest BCUT2D eigenvalue weighted by molar-refractivity contribution is -0.132. The number of piperidine rings is 1. The molecule has 0 saturated carbocycles. The molecule has 1 aromatic rings. The molecule has 2 aliphatic heterocycles. The molecule has 3 rings (SSSR count). The van der Waals surface area contributed by atoms with E-state index in [4.69, 9.17) is 4.74 Å². The van der Waals surface area contributed by atoms with Gasteiger partial charge in [0.05, 0.1) is 17.3 Å². The molecule has 2 saturated heterocycles. The van der Waals surface area contributed by atoms with Crippen LogP contribution in [-0.4, -0.2) is 64.5 Å². The molecular formula is C21H31N3O3. The summed E-state index contributed by atoms with van der Waals surface area (Å²) in [6.45, 7) is 6.95. The smallest absolute Gasteiger partial charge is 0.255 e. The van der Waals surface area contributed by atoms with Gasteiger partial charge in [-0.2, -0.15) is 0 Å². The van der Waals surface area contributed by atoms with E-state index in [-0.39, 0.29) is 23.5 Å². The molecule has 2 fully saturated rings. The van der Waals surface area contributed by atoms with Crippen LogP contribution in [0.5, 0.6) is 0 Å². The minimum atomic E-state index is -0.237. The number of ether oxygens (including phenoxy) is 1. The average molecular weight is 373 g/mol. The first-order chi connectivity index (χ1) is 13.1. The summed E-state index contributed by atoms with van der Waals surface area (Å²) in [5.74, 6) is 0.243. The van der Waals surface area contributed by atoms with E-state index >= 15 is 0 Å². The third-order valence-electron chi connectivity index (χ3n) is 5.87. The Morgan fingerprint density at radius 2 is 2.15 bits per heavy atom. The van der Waals surface area contributed by atoms with Gasteiger partial charge in [0.2, 0.25) is 5.91 Å². The molecule has 1 spiro atoms. The van der Waals surface area contributed by atoms with Crippen LogP contribution in [0.25, 0.3) is 0 Å². The number of aromatic nitrogens is 1. The Kier molecular flexibility index (Phi) is 6.47. The van der Waals surface area contributed by atoms with Crippen LogP contribution in [0.3, 0.4) is 0 Å². The Hall–Kier alpha value is -1.95. The van der Waals surface area contributed by atoms with Crippen molar-refractivity contribution in [3.05, 3.63) is 30.1 Å². The van der Waals surface area contributed by atoms with Gasteiger partial charge < -0.3 is 14.5 Å². The molecule has 6 nitrogen and oxygen atoms in total. The summed E-state index contributed by atoms with van der Waals surface area (Å²) in [6.07, 6.45) is 8.63. The summed E-state index contributed by atoms with van der Waals surface area (Å²) < 4.78 is 6.42. The molecule has 0 radical (unpaired) electrons.